The Labute approximate surface area is 101 Å². The minimum absolute atomic E-state index is 0.0245. The molecule has 17 heavy (non-hydrogen) atoms. The van der Waals surface area contributed by atoms with Gasteiger partial charge in [-0.2, -0.15) is 0 Å². The van der Waals surface area contributed by atoms with Crippen LogP contribution in [0.15, 0.2) is 30.3 Å². The molecule has 2 atom stereocenters. The van der Waals surface area contributed by atoms with Gasteiger partial charge in [-0.25, -0.2) is 4.79 Å². The van der Waals surface area contributed by atoms with Crippen molar-refractivity contribution in [3.63, 3.8) is 0 Å². The Morgan fingerprint density at radius 3 is 2.71 bits per heavy atom. The second kappa shape index (κ2) is 5.19. The van der Waals surface area contributed by atoms with E-state index in [9.17, 15) is 4.79 Å². The van der Waals surface area contributed by atoms with Crippen molar-refractivity contribution in [1.82, 2.24) is 10.2 Å². The molecule has 1 aliphatic heterocycles. The zero-order valence-electron chi connectivity index (χ0n) is 9.97. The molecule has 1 aromatic rings. The van der Waals surface area contributed by atoms with E-state index in [1.807, 2.05) is 25.2 Å². The van der Waals surface area contributed by atoms with Gasteiger partial charge >= 0.3 is 6.09 Å². The van der Waals surface area contributed by atoms with E-state index in [1.54, 1.807) is 0 Å². The third-order valence-corrected chi connectivity index (χ3v) is 3.23. The molecule has 2 N–H and O–H groups in total. The highest BCUT2D eigenvalue weighted by atomic mass is 16.4. The highest BCUT2D eigenvalue weighted by Gasteiger charge is 2.27. The van der Waals surface area contributed by atoms with Gasteiger partial charge in [0.2, 0.25) is 0 Å². The van der Waals surface area contributed by atoms with Crippen LogP contribution < -0.4 is 5.32 Å². The fourth-order valence-corrected chi connectivity index (χ4v) is 2.57. The summed E-state index contributed by atoms with van der Waals surface area (Å²) in [5.41, 5.74) is 1.29. The topological polar surface area (TPSA) is 52.6 Å². The maximum absolute atomic E-state index is 10.7. The molecule has 1 aliphatic rings. The summed E-state index contributed by atoms with van der Waals surface area (Å²) in [6.45, 7) is 1.78. The molecule has 2 rings (SSSR count). The number of hydrogen-bond donors (Lipinski definition) is 2. The second-order valence-electron chi connectivity index (χ2n) is 4.71. The second-order valence-corrected chi connectivity index (χ2v) is 4.71. The summed E-state index contributed by atoms with van der Waals surface area (Å²) in [7, 11) is 2.03. The molecule has 0 spiro atoms. The highest BCUT2D eigenvalue weighted by molar-refractivity contribution is 5.64. The van der Waals surface area contributed by atoms with Crippen molar-refractivity contribution in [2.24, 2.45) is 0 Å². The fraction of sp³-hybridized carbons (Fsp3) is 0.462. The van der Waals surface area contributed by atoms with Gasteiger partial charge in [0.1, 0.15) is 0 Å². The third kappa shape index (κ3) is 3.20. The van der Waals surface area contributed by atoms with Gasteiger partial charge in [0.05, 0.1) is 0 Å². The summed E-state index contributed by atoms with van der Waals surface area (Å²) >= 11 is 0. The lowest BCUT2D eigenvalue weighted by Crippen LogP contribution is -2.48. The normalized spacial score (nSPS) is 25.5. The van der Waals surface area contributed by atoms with E-state index >= 15 is 0 Å². The summed E-state index contributed by atoms with van der Waals surface area (Å²) in [4.78, 5) is 12.9. The fourth-order valence-electron chi connectivity index (χ4n) is 2.57. The molecule has 4 nitrogen and oxygen atoms in total. The van der Waals surface area contributed by atoms with Crippen LogP contribution in [0.1, 0.15) is 17.9 Å². The Bertz CT molecular complexity index is 380. The van der Waals surface area contributed by atoms with Crippen LogP contribution >= 0.6 is 0 Å². The average molecular weight is 234 g/mol. The lowest BCUT2D eigenvalue weighted by molar-refractivity contribution is 0.167. The van der Waals surface area contributed by atoms with Crippen molar-refractivity contribution in [2.75, 3.05) is 20.1 Å². The third-order valence-electron chi connectivity index (χ3n) is 3.23. The zero-order valence-corrected chi connectivity index (χ0v) is 9.97. The monoisotopic (exact) mass is 234 g/mol. The number of carbonyl (C=O) groups is 1. The standard InChI is InChI=1S/C13H18N2O2/c1-15-8-11(10-5-3-2-4-6-10)7-12(9-15)14-13(16)17/h2-6,11-12,14H,7-9H2,1H3,(H,16,17). The summed E-state index contributed by atoms with van der Waals surface area (Å²) in [5.74, 6) is 0.409. The number of piperidine rings is 1. The average Bonchev–Trinajstić information content (AvgIpc) is 2.28. The number of carboxylic acid groups (broad SMARTS) is 1. The number of likely N-dealkylation sites (tertiary alicyclic amines) is 1. The summed E-state index contributed by atoms with van der Waals surface area (Å²) in [6, 6.07) is 10.3. The first-order valence-electron chi connectivity index (χ1n) is 5.88. The molecule has 0 radical (unpaired) electrons. The SMILES string of the molecule is CN1CC(NC(=O)O)CC(c2ccccc2)C1. The maximum atomic E-state index is 10.7. The van der Waals surface area contributed by atoms with Crippen LogP contribution in [0.4, 0.5) is 4.79 Å². The van der Waals surface area contributed by atoms with E-state index in [0.717, 1.165) is 19.5 Å². The van der Waals surface area contributed by atoms with Crippen LogP contribution in [0, 0.1) is 0 Å². The van der Waals surface area contributed by atoms with E-state index in [-0.39, 0.29) is 6.04 Å². The largest absolute Gasteiger partial charge is 0.465 e. The van der Waals surface area contributed by atoms with E-state index in [0.29, 0.717) is 5.92 Å². The van der Waals surface area contributed by atoms with Gasteiger partial charge in [-0.15, -0.1) is 0 Å². The Morgan fingerprint density at radius 1 is 1.35 bits per heavy atom. The number of hydrogen-bond acceptors (Lipinski definition) is 2. The first-order valence-corrected chi connectivity index (χ1v) is 5.88. The van der Waals surface area contributed by atoms with E-state index < -0.39 is 6.09 Å². The molecule has 92 valence electrons. The van der Waals surface area contributed by atoms with Crippen LogP contribution in [0.25, 0.3) is 0 Å². The maximum Gasteiger partial charge on any atom is 0.404 e. The van der Waals surface area contributed by atoms with Gasteiger partial charge in [-0.3, -0.25) is 0 Å². The predicted molar refractivity (Wildman–Crippen MR) is 66.2 cm³/mol. The summed E-state index contributed by atoms with van der Waals surface area (Å²) in [5, 5.41) is 11.4. The van der Waals surface area contributed by atoms with Crippen molar-refractivity contribution < 1.29 is 9.90 Å². The first-order chi connectivity index (χ1) is 8.15. The predicted octanol–water partition coefficient (Wildman–Crippen LogP) is 1.74. The molecule has 1 heterocycles. The van der Waals surface area contributed by atoms with Gasteiger partial charge in [0.15, 0.2) is 0 Å². The molecule has 0 aliphatic carbocycles. The molecule has 2 unspecified atom stereocenters. The van der Waals surface area contributed by atoms with Crippen LogP contribution in [0.3, 0.4) is 0 Å². The molecular weight excluding hydrogens is 216 g/mol. The highest BCUT2D eigenvalue weighted by Crippen LogP contribution is 2.26. The van der Waals surface area contributed by atoms with E-state index in [4.69, 9.17) is 5.11 Å². The molecule has 1 amide bonds. The lowest BCUT2D eigenvalue weighted by atomic mass is 9.88. The number of rotatable bonds is 2. The van der Waals surface area contributed by atoms with Crippen LogP contribution in [-0.4, -0.2) is 42.3 Å². The molecule has 1 fully saturated rings. The van der Waals surface area contributed by atoms with Crippen LogP contribution in [0.5, 0.6) is 0 Å². The number of nitrogens with one attached hydrogen (secondary N) is 1. The quantitative estimate of drug-likeness (QED) is 0.819. The van der Waals surface area contributed by atoms with Gasteiger partial charge in [-0.1, -0.05) is 30.3 Å². The van der Waals surface area contributed by atoms with Gasteiger partial charge in [0, 0.05) is 19.1 Å². The van der Waals surface area contributed by atoms with E-state index in [1.165, 1.54) is 5.56 Å². The van der Waals surface area contributed by atoms with Gasteiger partial charge < -0.3 is 15.3 Å². The summed E-state index contributed by atoms with van der Waals surface area (Å²) in [6.07, 6.45) is -0.0576. The minimum Gasteiger partial charge on any atom is -0.465 e. The Balaban J connectivity index is 2.06. The Morgan fingerprint density at radius 2 is 2.06 bits per heavy atom. The number of likely N-dealkylation sites (N-methyl/N-ethyl adjacent to an activating group) is 1. The van der Waals surface area contributed by atoms with Crippen molar-refractivity contribution >= 4 is 6.09 Å². The molecule has 0 aromatic heterocycles. The molecule has 4 heteroatoms. The molecule has 0 saturated carbocycles. The van der Waals surface area contributed by atoms with Gasteiger partial charge in [0.25, 0.3) is 0 Å². The molecule has 1 aromatic carbocycles. The lowest BCUT2D eigenvalue weighted by Gasteiger charge is -2.35. The van der Waals surface area contributed by atoms with Gasteiger partial charge in [-0.05, 0) is 24.9 Å². The number of amides is 1. The van der Waals surface area contributed by atoms with Crippen molar-refractivity contribution in [3.8, 4) is 0 Å². The number of nitrogens with zero attached hydrogens (tertiary/aromatic N) is 1. The Kier molecular flexibility index (Phi) is 3.64. The van der Waals surface area contributed by atoms with Crippen molar-refractivity contribution in [3.05, 3.63) is 35.9 Å². The first kappa shape index (κ1) is 11.9. The van der Waals surface area contributed by atoms with Crippen molar-refractivity contribution in [2.45, 2.75) is 18.4 Å². The van der Waals surface area contributed by atoms with Crippen LogP contribution in [0.2, 0.25) is 0 Å². The van der Waals surface area contributed by atoms with E-state index in [2.05, 4.69) is 22.3 Å². The minimum atomic E-state index is -0.933. The zero-order chi connectivity index (χ0) is 12.3. The smallest absolute Gasteiger partial charge is 0.404 e. The summed E-state index contributed by atoms with van der Waals surface area (Å²) < 4.78 is 0. The molecular formula is C13H18N2O2. The number of benzene rings is 1. The molecule has 0 bridgehead atoms. The Hall–Kier alpha value is -1.55. The molecule has 1 saturated heterocycles. The van der Waals surface area contributed by atoms with Crippen molar-refractivity contribution in [1.29, 1.82) is 0 Å². The van der Waals surface area contributed by atoms with Crippen LogP contribution in [-0.2, 0) is 0 Å².